The lowest BCUT2D eigenvalue weighted by atomic mass is 10.0. The van der Waals surface area contributed by atoms with E-state index in [1.165, 1.54) is 24.3 Å². The molecule has 0 unspecified atom stereocenters. The van der Waals surface area contributed by atoms with Crippen LogP contribution in [0, 0.1) is 5.82 Å². The van der Waals surface area contributed by atoms with Crippen LogP contribution in [0.15, 0.2) is 36.4 Å². The number of anilines is 1. The van der Waals surface area contributed by atoms with Crippen molar-refractivity contribution < 1.29 is 28.6 Å². The fraction of sp³-hybridized carbons (Fsp3) is 0.364. The highest BCUT2D eigenvalue weighted by atomic mass is 28.4. The van der Waals surface area contributed by atoms with Crippen molar-refractivity contribution in [2.45, 2.75) is 52.1 Å². The number of hydrogen-bond donors (Lipinski definition) is 3. The van der Waals surface area contributed by atoms with Crippen molar-refractivity contribution in [1.29, 1.82) is 0 Å². The molecule has 0 radical (unpaired) electrons. The fourth-order valence-corrected chi connectivity index (χ4v) is 3.55. The van der Waals surface area contributed by atoms with Crippen LogP contribution >= 0.6 is 0 Å². The molecule has 0 fully saturated rings. The summed E-state index contributed by atoms with van der Waals surface area (Å²) in [5.41, 5.74) is 0.582. The number of rotatable bonds is 8. The molecule has 0 aromatic heterocycles. The highest BCUT2D eigenvalue weighted by Crippen LogP contribution is 2.37. The molecule has 2 aromatic rings. The van der Waals surface area contributed by atoms with E-state index < -0.39 is 26.1 Å². The van der Waals surface area contributed by atoms with Gasteiger partial charge in [-0.05, 0) is 41.9 Å². The van der Waals surface area contributed by atoms with Gasteiger partial charge in [0.05, 0.1) is 17.7 Å². The average molecular weight is 434 g/mol. The van der Waals surface area contributed by atoms with E-state index in [-0.39, 0.29) is 35.0 Å². The van der Waals surface area contributed by atoms with Crippen molar-refractivity contribution in [2.24, 2.45) is 0 Å². The van der Waals surface area contributed by atoms with Gasteiger partial charge in [-0.25, -0.2) is 14.0 Å². The molecule has 0 atom stereocenters. The van der Waals surface area contributed by atoms with Crippen molar-refractivity contribution in [3.63, 3.8) is 0 Å². The third kappa shape index (κ3) is 5.46. The monoisotopic (exact) mass is 433 g/mol. The van der Waals surface area contributed by atoms with Crippen LogP contribution < -0.4 is 5.32 Å². The molecular weight excluding hydrogens is 405 g/mol. The maximum atomic E-state index is 14.6. The van der Waals surface area contributed by atoms with Crippen LogP contribution in [0.4, 0.5) is 10.1 Å². The maximum absolute atomic E-state index is 14.6. The lowest BCUT2D eigenvalue weighted by Gasteiger charge is -2.36. The molecule has 0 saturated carbocycles. The Morgan fingerprint density at radius 2 is 1.77 bits per heavy atom. The van der Waals surface area contributed by atoms with Gasteiger partial charge in [0.25, 0.3) is 0 Å². The van der Waals surface area contributed by atoms with E-state index in [9.17, 15) is 24.2 Å². The summed E-state index contributed by atoms with van der Waals surface area (Å²) >= 11 is 0. The number of nitrogens with one attached hydrogen (secondary N) is 1. The van der Waals surface area contributed by atoms with Crippen molar-refractivity contribution in [2.75, 3.05) is 5.32 Å². The minimum atomic E-state index is -2.00. The normalized spacial score (nSPS) is 11.9. The molecule has 0 spiro atoms. The molecule has 0 bridgehead atoms. The first-order chi connectivity index (χ1) is 13.8. The van der Waals surface area contributed by atoms with Gasteiger partial charge < -0.3 is 20.0 Å². The van der Waals surface area contributed by atoms with Gasteiger partial charge in [0.1, 0.15) is 5.82 Å². The number of aromatic carboxylic acids is 2. The second-order valence-corrected chi connectivity index (χ2v) is 13.5. The molecule has 6 nitrogen and oxygen atoms in total. The summed E-state index contributed by atoms with van der Waals surface area (Å²) in [6.07, 6.45) is 0. The van der Waals surface area contributed by atoms with Crippen molar-refractivity contribution in [3.05, 3.63) is 64.5 Å². The first-order valence-corrected chi connectivity index (χ1v) is 12.5. The van der Waals surface area contributed by atoms with Gasteiger partial charge in [-0.15, -0.1) is 0 Å². The predicted molar refractivity (Wildman–Crippen MR) is 116 cm³/mol. The SMILES string of the molecule is CC(C)(C)[Si](C)(C)OCc1ccc(CNc2cccc(C(=O)O)c2C(=O)O)cc1F. The van der Waals surface area contributed by atoms with E-state index in [1.807, 2.05) is 0 Å². The lowest BCUT2D eigenvalue weighted by molar-refractivity contribution is 0.0652. The Morgan fingerprint density at radius 1 is 1.10 bits per heavy atom. The Hall–Kier alpha value is -2.71. The molecule has 2 rings (SSSR count). The van der Waals surface area contributed by atoms with Gasteiger partial charge in [-0.2, -0.15) is 0 Å². The summed E-state index contributed by atoms with van der Waals surface area (Å²) in [5, 5.41) is 21.5. The topological polar surface area (TPSA) is 95.9 Å². The van der Waals surface area contributed by atoms with E-state index in [0.717, 1.165) is 0 Å². The van der Waals surface area contributed by atoms with E-state index in [4.69, 9.17) is 4.43 Å². The zero-order valence-electron chi connectivity index (χ0n) is 17.9. The summed E-state index contributed by atoms with van der Waals surface area (Å²) < 4.78 is 20.6. The molecule has 8 heteroatoms. The second kappa shape index (κ2) is 8.97. The molecule has 0 amide bonds. The number of benzene rings is 2. The maximum Gasteiger partial charge on any atom is 0.338 e. The van der Waals surface area contributed by atoms with Crippen LogP contribution in [0.25, 0.3) is 0 Å². The zero-order valence-corrected chi connectivity index (χ0v) is 18.9. The Bertz CT molecular complexity index is 953. The van der Waals surface area contributed by atoms with Gasteiger partial charge in [0.2, 0.25) is 0 Å². The Labute approximate surface area is 176 Å². The number of carbonyl (C=O) groups is 2. The van der Waals surface area contributed by atoms with Gasteiger partial charge in [-0.1, -0.05) is 39.0 Å². The van der Waals surface area contributed by atoms with Crippen LogP contribution in [-0.2, 0) is 17.6 Å². The van der Waals surface area contributed by atoms with Gasteiger partial charge >= 0.3 is 11.9 Å². The second-order valence-electron chi connectivity index (χ2n) is 8.67. The first kappa shape index (κ1) is 23.6. The Morgan fingerprint density at radius 3 is 2.30 bits per heavy atom. The summed E-state index contributed by atoms with van der Waals surface area (Å²) in [4.78, 5) is 22.8. The van der Waals surface area contributed by atoms with E-state index in [0.29, 0.717) is 11.1 Å². The predicted octanol–water partition coefficient (Wildman–Crippen LogP) is 5.36. The molecule has 0 aliphatic carbocycles. The molecule has 0 heterocycles. The Balaban J connectivity index is 2.14. The number of hydrogen-bond acceptors (Lipinski definition) is 4. The summed E-state index contributed by atoms with van der Waals surface area (Å²) in [5.74, 6) is -3.07. The third-order valence-electron chi connectivity index (χ3n) is 5.50. The highest BCUT2D eigenvalue weighted by molar-refractivity contribution is 6.74. The van der Waals surface area contributed by atoms with E-state index in [2.05, 4.69) is 39.2 Å². The molecule has 30 heavy (non-hydrogen) atoms. The van der Waals surface area contributed by atoms with Crippen molar-refractivity contribution in [1.82, 2.24) is 0 Å². The Kier molecular flexibility index (Phi) is 7.05. The molecule has 0 aliphatic heterocycles. The van der Waals surface area contributed by atoms with Crippen LogP contribution in [0.3, 0.4) is 0 Å². The average Bonchev–Trinajstić information content (AvgIpc) is 2.64. The molecule has 0 aliphatic rings. The number of carboxylic acids is 2. The smallest absolute Gasteiger partial charge is 0.338 e. The van der Waals surface area contributed by atoms with Crippen molar-refractivity contribution >= 4 is 25.9 Å². The lowest BCUT2D eigenvalue weighted by Crippen LogP contribution is -2.40. The van der Waals surface area contributed by atoms with Crippen molar-refractivity contribution in [3.8, 4) is 0 Å². The number of halogens is 1. The zero-order chi connectivity index (χ0) is 22.7. The quantitative estimate of drug-likeness (QED) is 0.485. The standard InChI is InChI=1S/C22H28FNO5Si/c1-22(2,3)30(4,5)29-13-15-10-9-14(11-17(15)23)12-24-18-8-6-7-16(20(25)26)19(18)21(27)28/h6-11,24H,12-13H2,1-5H3,(H,25,26)(H,27,28). The van der Waals surface area contributed by atoms with E-state index in [1.54, 1.807) is 12.1 Å². The fourth-order valence-electron chi connectivity index (χ4n) is 2.60. The van der Waals surface area contributed by atoms with Gasteiger partial charge in [-0.3, -0.25) is 0 Å². The molecule has 3 N–H and O–H groups in total. The third-order valence-corrected chi connectivity index (χ3v) is 9.98. The summed E-state index contributed by atoms with van der Waals surface area (Å²) in [7, 11) is -2.00. The van der Waals surface area contributed by atoms with Crippen LogP contribution in [0.1, 0.15) is 52.6 Å². The summed E-state index contributed by atoms with van der Waals surface area (Å²) in [6, 6.07) is 8.94. The van der Waals surface area contributed by atoms with Crippen LogP contribution in [0.5, 0.6) is 0 Å². The van der Waals surface area contributed by atoms with Crippen LogP contribution in [0.2, 0.25) is 18.1 Å². The minimum absolute atomic E-state index is 0.0275. The molecular formula is C22H28FNO5Si. The molecule has 162 valence electrons. The van der Waals surface area contributed by atoms with E-state index >= 15 is 0 Å². The summed E-state index contributed by atoms with van der Waals surface area (Å²) in [6.45, 7) is 10.9. The highest BCUT2D eigenvalue weighted by Gasteiger charge is 2.37. The minimum Gasteiger partial charge on any atom is -0.478 e. The van der Waals surface area contributed by atoms with Crippen LogP contribution in [-0.4, -0.2) is 30.5 Å². The molecule has 2 aromatic carbocycles. The first-order valence-electron chi connectivity index (χ1n) is 9.58. The number of carboxylic acid groups (broad SMARTS) is 2. The van der Waals surface area contributed by atoms with Gasteiger partial charge in [0, 0.05) is 17.8 Å². The van der Waals surface area contributed by atoms with Gasteiger partial charge in [0.15, 0.2) is 8.32 Å². The molecule has 0 saturated heterocycles. The largest absolute Gasteiger partial charge is 0.478 e.